The van der Waals surface area contributed by atoms with Crippen LogP contribution in [0.1, 0.15) is 44.2 Å². The Morgan fingerprint density at radius 1 is 1.07 bits per heavy atom. The SMILES string of the molecule is CCCCN1CC=C[C@]23O[C@@H]4/C=C\CCC(=O)OC[C@@H](c5ccccc5)NC(=O)[C@@H]4[C@H]2C(=O)N(CCO)[C@@H]3C1=O. The zero-order valence-corrected chi connectivity index (χ0v) is 22.7. The van der Waals surface area contributed by atoms with E-state index in [2.05, 4.69) is 5.32 Å². The monoisotopic (exact) mass is 551 g/mol. The van der Waals surface area contributed by atoms with Crippen LogP contribution in [-0.4, -0.2) is 89.2 Å². The molecule has 0 bridgehead atoms. The van der Waals surface area contributed by atoms with E-state index in [4.69, 9.17) is 9.47 Å². The summed E-state index contributed by atoms with van der Waals surface area (Å²) in [6.45, 7) is 2.55. The minimum atomic E-state index is -1.37. The summed E-state index contributed by atoms with van der Waals surface area (Å²) in [5.74, 6) is -3.33. The van der Waals surface area contributed by atoms with Crippen LogP contribution in [0.15, 0.2) is 54.6 Å². The molecular formula is C30H37N3O7. The first kappa shape index (κ1) is 28.0. The van der Waals surface area contributed by atoms with Gasteiger partial charge in [-0.05, 0) is 18.4 Å². The van der Waals surface area contributed by atoms with E-state index < -0.39 is 41.5 Å². The third-order valence-electron chi connectivity index (χ3n) is 8.27. The Hall–Kier alpha value is -3.50. The smallest absolute Gasteiger partial charge is 0.306 e. The number of ether oxygens (including phenoxy) is 2. The van der Waals surface area contributed by atoms with Crippen LogP contribution in [0.5, 0.6) is 0 Å². The summed E-state index contributed by atoms with van der Waals surface area (Å²) in [4.78, 5) is 57.5. The number of carbonyl (C=O) groups is 4. The lowest BCUT2D eigenvalue weighted by molar-refractivity contribution is -0.148. The molecule has 2 fully saturated rings. The van der Waals surface area contributed by atoms with Crippen molar-refractivity contribution in [3.05, 3.63) is 60.2 Å². The number of aliphatic hydroxyl groups is 1. The molecular weight excluding hydrogens is 514 g/mol. The molecule has 1 aromatic rings. The molecule has 3 amide bonds. The van der Waals surface area contributed by atoms with E-state index in [-0.39, 0.29) is 44.0 Å². The molecule has 4 heterocycles. The zero-order valence-electron chi connectivity index (χ0n) is 22.7. The largest absolute Gasteiger partial charge is 0.463 e. The fraction of sp³-hybridized carbons (Fsp3) is 0.533. The number of carbonyl (C=O) groups excluding carboxylic acids is 4. The van der Waals surface area contributed by atoms with Gasteiger partial charge >= 0.3 is 5.97 Å². The Morgan fingerprint density at radius 2 is 1.88 bits per heavy atom. The van der Waals surface area contributed by atoms with Gasteiger partial charge in [0.15, 0.2) is 0 Å². The van der Waals surface area contributed by atoms with Gasteiger partial charge in [0.25, 0.3) is 0 Å². The van der Waals surface area contributed by atoms with Crippen molar-refractivity contribution in [2.75, 3.05) is 32.8 Å². The quantitative estimate of drug-likeness (QED) is 0.406. The third-order valence-corrected chi connectivity index (χ3v) is 8.27. The Bertz CT molecular complexity index is 1190. The van der Waals surface area contributed by atoms with Crippen LogP contribution in [0.3, 0.4) is 0 Å². The van der Waals surface area contributed by atoms with Crippen LogP contribution in [-0.2, 0) is 28.7 Å². The van der Waals surface area contributed by atoms with Crippen LogP contribution in [0.4, 0.5) is 0 Å². The number of hydrogen-bond donors (Lipinski definition) is 2. The predicted molar refractivity (Wildman–Crippen MR) is 144 cm³/mol. The van der Waals surface area contributed by atoms with Gasteiger partial charge in [0.05, 0.1) is 30.6 Å². The molecule has 4 aliphatic heterocycles. The van der Waals surface area contributed by atoms with Crippen molar-refractivity contribution in [2.45, 2.75) is 56.4 Å². The Morgan fingerprint density at radius 3 is 2.62 bits per heavy atom. The standard InChI is InChI=1S/C30H37N3O7/c1-2-3-15-32-16-9-14-30-25(28(37)33(17-18-34)26(30)29(32)38)24-22(40-30)12-7-8-13-23(35)39-19-21(31-27(24)36)20-10-5-4-6-11-20/h4-7,9-12,14,21-22,24-26,34H,2-3,8,13,15-19H2,1H3,(H,31,36)/b12-7-/t21-,22+,24-,25-,26+,30-/m0/s1. The van der Waals surface area contributed by atoms with E-state index in [1.807, 2.05) is 43.3 Å². The number of aliphatic hydroxyl groups excluding tert-OH is 1. The molecule has 0 aromatic heterocycles. The number of hydrogen-bond acceptors (Lipinski definition) is 7. The van der Waals surface area contributed by atoms with E-state index in [0.29, 0.717) is 19.5 Å². The molecule has 0 radical (unpaired) electrons. The number of unbranched alkanes of at least 4 members (excludes halogenated alkanes) is 1. The molecule has 0 unspecified atom stereocenters. The van der Waals surface area contributed by atoms with Crippen LogP contribution in [0, 0.1) is 11.8 Å². The fourth-order valence-corrected chi connectivity index (χ4v) is 6.38. The second kappa shape index (κ2) is 11.9. The maximum Gasteiger partial charge on any atom is 0.306 e. The van der Waals surface area contributed by atoms with E-state index in [1.54, 1.807) is 23.1 Å². The average molecular weight is 552 g/mol. The van der Waals surface area contributed by atoms with Gasteiger partial charge < -0.3 is 29.7 Å². The molecule has 4 aliphatic rings. The van der Waals surface area contributed by atoms with Gasteiger partial charge in [0, 0.05) is 26.1 Å². The molecule has 0 aliphatic carbocycles. The molecule has 1 spiro atoms. The maximum absolute atomic E-state index is 14.1. The van der Waals surface area contributed by atoms with Gasteiger partial charge in [-0.2, -0.15) is 0 Å². The van der Waals surface area contributed by atoms with E-state index >= 15 is 0 Å². The highest BCUT2D eigenvalue weighted by Crippen LogP contribution is 2.52. The Kier molecular flexibility index (Phi) is 8.37. The van der Waals surface area contributed by atoms with Crippen molar-refractivity contribution in [3.8, 4) is 0 Å². The number of likely N-dealkylation sites (tertiary alicyclic amines) is 1. The summed E-state index contributed by atoms with van der Waals surface area (Å²) in [5.41, 5.74) is -0.606. The summed E-state index contributed by atoms with van der Waals surface area (Å²) >= 11 is 0. The van der Waals surface area contributed by atoms with Crippen molar-refractivity contribution in [1.29, 1.82) is 0 Å². The lowest BCUT2D eigenvalue weighted by Gasteiger charge is -2.35. The molecule has 5 rings (SSSR count). The number of fused-ring (bicyclic) bond motifs is 2. The van der Waals surface area contributed by atoms with Gasteiger partial charge in [-0.1, -0.05) is 68.0 Å². The first-order chi connectivity index (χ1) is 19.4. The summed E-state index contributed by atoms with van der Waals surface area (Å²) in [5, 5.41) is 12.8. The number of nitrogens with one attached hydrogen (secondary N) is 1. The molecule has 1 aromatic carbocycles. The van der Waals surface area contributed by atoms with Crippen molar-refractivity contribution < 1.29 is 33.8 Å². The van der Waals surface area contributed by atoms with Crippen LogP contribution >= 0.6 is 0 Å². The van der Waals surface area contributed by atoms with Gasteiger partial charge in [0.1, 0.15) is 18.2 Å². The molecule has 214 valence electrons. The number of cyclic esters (lactones) is 1. The highest BCUT2D eigenvalue weighted by atomic mass is 16.5. The second-order valence-corrected chi connectivity index (χ2v) is 10.8. The molecule has 40 heavy (non-hydrogen) atoms. The molecule has 0 saturated carbocycles. The molecule has 2 N–H and O–H groups in total. The van der Waals surface area contributed by atoms with Crippen LogP contribution < -0.4 is 5.32 Å². The Balaban J connectivity index is 1.56. The summed E-state index contributed by atoms with van der Waals surface area (Å²) in [6.07, 6.45) is 8.60. The number of allylic oxidation sites excluding steroid dienone is 1. The number of esters is 1. The average Bonchev–Trinajstić information content (AvgIpc) is 3.33. The number of β-amino-alcohol motifs (C(OH)–C–C–N with tert-alkyl or cyclic N) is 1. The van der Waals surface area contributed by atoms with Gasteiger partial charge in [-0.15, -0.1) is 0 Å². The summed E-state index contributed by atoms with van der Waals surface area (Å²) in [6, 6.07) is 7.58. The van der Waals surface area contributed by atoms with Gasteiger partial charge in [-0.25, -0.2) is 0 Å². The zero-order chi connectivity index (χ0) is 28.3. The molecule has 6 atom stereocenters. The molecule has 10 heteroatoms. The topological polar surface area (TPSA) is 125 Å². The lowest BCUT2D eigenvalue weighted by Crippen LogP contribution is -2.55. The van der Waals surface area contributed by atoms with Crippen molar-refractivity contribution in [2.24, 2.45) is 11.8 Å². The normalized spacial score (nSPS) is 33.2. The van der Waals surface area contributed by atoms with E-state index in [1.165, 1.54) is 4.90 Å². The van der Waals surface area contributed by atoms with Crippen molar-refractivity contribution in [1.82, 2.24) is 15.1 Å². The van der Waals surface area contributed by atoms with Crippen LogP contribution in [0.2, 0.25) is 0 Å². The summed E-state index contributed by atoms with van der Waals surface area (Å²) < 4.78 is 12.1. The number of rotatable bonds is 6. The second-order valence-electron chi connectivity index (χ2n) is 10.8. The van der Waals surface area contributed by atoms with Crippen molar-refractivity contribution in [3.63, 3.8) is 0 Å². The van der Waals surface area contributed by atoms with Crippen LogP contribution in [0.25, 0.3) is 0 Å². The number of benzene rings is 1. The highest BCUT2D eigenvalue weighted by Gasteiger charge is 2.71. The molecule has 10 nitrogen and oxygen atoms in total. The van der Waals surface area contributed by atoms with Crippen molar-refractivity contribution >= 4 is 23.7 Å². The predicted octanol–water partition coefficient (Wildman–Crippen LogP) is 1.51. The fourth-order valence-electron chi connectivity index (χ4n) is 6.38. The minimum Gasteiger partial charge on any atom is -0.463 e. The summed E-state index contributed by atoms with van der Waals surface area (Å²) in [7, 11) is 0. The first-order valence-corrected chi connectivity index (χ1v) is 14.1. The highest BCUT2D eigenvalue weighted by molar-refractivity contribution is 5.99. The number of nitrogens with zero attached hydrogens (tertiary/aromatic N) is 2. The maximum atomic E-state index is 14.1. The van der Waals surface area contributed by atoms with E-state index in [0.717, 1.165) is 18.4 Å². The number of amides is 3. The Labute approximate surface area is 234 Å². The minimum absolute atomic E-state index is 0.0380. The van der Waals surface area contributed by atoms with Gasteiger partial charge in [0.2, 0.25) is 17.7 Å². The first-order valence-electron chi connectivity index (χ1n) is 14.1. The lowest BCUT2D eigenvalue weighted by atomic mass is 9.77. The van der Waals surface area contributed by atoms with E-state index in [9.17, 15) is 24.3 Å². The third kappa shape index (κ3) is 5.06. The molecule has 2 saturated heterocycles. The van der Waals surface area contributed by atoms with Gasteiger partial charge in [-0.3, -0.25) is 19.2 Å².